The predicted octanol–water partition coefficient (Wildman–Crippen LogP) is 2.79. The van der Waals surface area contributed by atoms with Crippen LogP contribution in [-0.4, -0.2) is 0 Å². The molecule has 0 aliphatic heterocycles. The van der Waals surface area contributed by atoms with Gasteiger partial charge in [0.15, 0.2) is 6.20 Å². The van der Waals surface area contributed by atoms with Crippen LogP contribution in [0.1, 0.15) is 15.2 Å². The number of rotatable bonds is 1. The topological polar surface area (TPSA) is 3.88 Å². The van der Waals surface area contributed by atoms with Gasteiger partial charge in [-0.25, -0.2) is 4.57 Å². The molecule has 1 heteroatoms. The van der Waals surface area contributed by atoms with E-state index >= 15 is 0 Å². The quantitative estimate of drug-likeness (QED) is 0.625. The van der Waals surface area contributed by atoms with Crippen LogP contribution in [-0.2, 0) is 7.05 Å². The van der Waals surface area contributed by atoms with Crippen LogP contribution in [0.25, 0.3) is 11.3 Å². The second kappa shape index (κ2) is 3.85. The molecule has 0 aliphatic rings. The van der Waals surface area contributed by atoms with E-state index in [1.807, 2.05) is 54.9 Å². The van der Waals surface area contributed by atoms with Crippen molar-refractivity contribution in [1.29, 1.82) is 0 Å². The summed E-state index contributed by atoms with van der Waals surface area (Å²) >= 11 is 0. The summed E-state index contributed by atoms with van der Waals surface area (Å²) in [5, 5.41) is 0. The standard InChI is InChI=1S/C14H16N/c1-11-9-14(15(3)10-12(11)2)13-7-5-4-6-8-13/h4-10H,1-3H3/q+1/i2D3. The molecule has 0 saturated heterocycles. The molecule has 0 radical (unpaired) electrons. The van der Waals surface area contributed by atoms with Gasteiger partial charge in [0.2, 0.25) is 5.69 Å². The van der Waals surface area contributed by atoms with Crippen LogP contribution in [0, 0.1) is 13.8 Å². The number of nitrogens with zero attached hydrogens (tertiary/aromatic N) is 1. The summed E-state index contributed by atoms with van der Waals surface area (Å²) in [6.45, 7) is -0.217. The molecule has 0 N–H and O–H groups in total. The molecule has 1 nitrogen and oxygen atoms in total. The Bertz CT molecular complexity index is 559. The molecule has 2 aromatic rings. The normalized spacial score (nSPS) is 14.1. The van der Waals surface area contributed by atoms with Crippen LogP contribution >= 0.6 is 0 Å². The minimum Gasteiger partial charge on any atom is -0.201 e. The molecule has 1 aromatic carbocycles. The van der Waals surface area contributed by atoms with E-state index in [0.29, 0.717) is 5.56 Å². The lowest BCUT2D eigenvalue weighted by atomic mass is 10.1. The minimum absolute atomic E-state index is 0.407. The van der Waals surface area contributed by atoms with E-state index in [4.69, 9.17) is 4.11 Å². The first-order valence-corrected chi connectivity index (χ1v) is 4.96. The minimum atomic E-state index is -2.06. The highest BCUT2D eigenvalue weighted by molar-refractivity contribution is 5.56. The van der Waals surface area contributed by atoms with Gasteiger partial charge in [-0.3, -0.25) is 0 Å². The molecule has 0 fully saturated rings. The molecule has 0 saturated carbocycles. The molecular formula is C14H16N+. The second-order valence-electron chi connectivity index (χ2n) is 3.73. The summed E-state index contributed by atoms with van der Waals surface area (Å²) in [6, 6.07) is 11.9. The Morgan fingerprint density at radius 1 is 1.13 bits per heavy atom. The number of aryl methyl sites for hydroxylation is 3. The lowest BCUT2D eigenvalue weighted by molar-refractivity contribution is -0.660. The molecule has 15 heavy (non-hydrogen) atoms. The fourth-order valence-electron chi connectivity index (χ4n) is 1.65. The third-order valence-electron chi connectivity index (χ3n) is 2.55. The van der Waals surface area contributed by atoms with Crippen molar-refractivity contribution in [3.8, 4) is 11.3 Å². The highest BCUT2D eigenvalue weighted by Gasteiger charge is 2.10. The summed E-state index contributed by atoms with van der Waals surface area (Å²) in [4.78, 5) is 0. The highest BCUT2D eigenvalue weighted by atomic mass is 14.9. The van der Waals surface area contributed by atoms with E-state index in [0.717, 1.165) is 16.8 Å². The molecule has 0 spiro atoms. The lowest BCUT2D eigenvalue weighted by Crippen LogP contribution is -2.31. The third-order valence-corrected chi connectivity index (χ3v) is 2.55. The van der Waals surface area contributed by atoms with Gasteiger partial charge in [-0.2, -0.15) is 0 Å². The fourth-order valence-corrected chi connectivity index (χ4v) is 1.65. The van der Waals surface area contributed by atoms with Gasteiger partial charge in [0, 0.05) is 21.3 Å². The molecule has 0 aliphatic carbocycles. The highest BCUT2D eigenvalue weighted by Crippen LogP contribution is 2.16. The van der Waals surface area contributed by atoms with E-state index in [-0.39, 0.29) is 0 Å². The first kappa shape index (κ1) is 6.78. The predicted molar refractivity (Wildman–Crippen MR) is 62.5 cm³/mol. The van der Waals surface area contributed by atoms with Crippen molar-refractivity contribution in [2.45, 2.75) is 13.8 Å². The SMILES string of the molecule is [2H]C([2H])([2H])c1c[n+](C)c(-c2ccccc2)cc1C. The van der Waals surface area contributed by atoms with Crippen molar-refractivity contribution in [3.05, 3.63) is 53.7 Å². The van der Waals surface area contributed by atoms with Gasteiger partial charge in [0.25, 0.3) is 0 Å². The van der Waals surface area contributed by atoms with Crippen LogP contribution in [0.3, 0.4) is 0 Å². The van der Waals surface area contributed by atoms with E-state index < -0.39 is 6.85 Å². The van der Waals surface area contributed by atoms with E-state index in [1.54, 1.807) is 6.20 Å². The summed E-state index contributed by atoms with van der Waals surface area (Å²) in [5.74, 6) is 0. The Morgan fingerprint density at radius 3 is 2.53 bits per heavy atom. The Morgan fingerprint density at radius 2 is 1.87 bits per heavy atom. The Kier molecular flexibility index (Phi) is 1.74. The van der Waals surface area contributed by atoms with Crippen molar-refractivity contribution in [2.75, 3.05) is 0 Å². The van der Waals surface area contributed by atoms with Crippen molar-refractivity contribution < 1.29 is 8.68 Å². The molecule has 1 heterocycles. The zero-order valence-electron chi connectivity index (χ0n) is 12.0. The lowest BCUT2D eigenvalue weighted by Gasteiger charge is -2.03. The molecular weight excluding hydrogens is 182 g/mol. The zero-order valence-corrected chi connectivity index (χ0v) is 8.99. The van der Waals surface area contributed by atoms with Crippen molar-refractivity contribution in [2.24, 2.45) is 7.05 Å². The van der Waals surface area contributed by atoms with Crippen LogP contribution < -0.4 is 4.57 Å². The maximum absolute atomic E-state index is 7.51. The van der Waals surface area contributed by atoms with Gasteiger partial charge >= 0.3 is 0 Å². The average Bonchev–Trinajstić information content (AvgIpc) is 2.31. The van der Waals surface area contributed by atoms with E-state index in [1.165, 1.54) is 0 Å². The van der Waals surface area contributed by atoms with E-state index in [2.05, 4.69) is 0 Å². The maximum Gasteiger partial charge on any atom is 0.212 e. The third kappa shape index (κ3) is 1.91. The summed E-state index contributed by atoms with van der Waals surface area (Å²) in [6.07, 6.45) is 1.70. The van der Waals surface area contributed by atoms with Gasteiger partial charge < -0.3 is 0 Å². The first-order valence-electron chi connectivity index (χ1n) is 6.46. The Hall–Kier alpha value is -1.63. The van der Waals surface area contributed by atoms with Gasteiger partial charge in [0.1, 0.15) is 7.05 Å². The number of hydrogen-bond donors (Lipinski definition) is 0. The second-order valence-corrected chi connectivity index (χ2v) is 3.73. The fraction of sp³-hybridized carbons (Fsp3) is 0.214. The summed E-state index contributed by atoms with van der Waals surface area (Å²) in [5.41, 5.74) is 3.30. The van der Waals surface area contributed by atoms with Crippen LogP contribution in [0.5, 0.6) is 0 Å². The largest absolute Gasteiger partial charge is 0.212 e. The van der Waals surface area contributed by atoms with Crippen LogP contribution in [0.2, 0.25) is 0 Å². The molecule has 2 rings (SSSR count). The molecule has 0 bridgehead atoms. The van der Waals surface area contributed by atoms with Crippen molar-refractivity contribution >= 4 is 0 Å². The molecule has 1 aromatic heterocycles. The summed E-state index contributed by atoms with van der Waals surface area (Å²) < 4.78 is 24.4. The summed E-state index contributed by atoms with van der Waals surface area (Å²) in [7, 11) is 1.87. The van der Waals surface area contributed by atoms with Gasteiger partial charge in [-0.1, -0.05) is 18.2 Å². The number of aromatic nitrogens is 1. The van der Waals surface area contributed by atoms with Crippen LogP contribution in [0.4, 0.5) is 0 Å². The van der Waals surface area contributed by atoms with Gasteiger partial charge in [-0.05, 0) is 31.5 Å². The molecule has 0 atom stereocenters. The smallest absolute Gasteiger partial charge is 0.201 e. The zero-order chi connectivity index (χ0) is 13.3. The van der Waals surface area contributed by atoms with E-state index in [9.17, 15) is 0 Å². The van der Waals surface area contributed by atoms with Crippen molar-refractivity contribution in [1.82, 2.24) is 0 Å². The van der Waals surface area contributed by atoms with Crippen LogP contribution in [0.15, 0.2) is 42.6 Å². The Labute approximate surface area is 95.2 Å². The number of hydrogen-bond acceptors (Lipinski definition) is 0. The maximum atomic E-state index is 7.51. The first-order chi connectivity index (χ1) is 8.39. The molecule has 76 valence electrons. The van der Waals surface area contributed by atoms with Gasteiger partial charge in [0.05, 0.1) is 0 Å². The average molecular weight is 201 g/mol. The van der Waals surface area contributed by atoms with Gasteiger partial charge in [-0.15, -0.1) is 0 Å². The molecule has 0 amide bonds. The molecule has 0 unspecified atom stereocenters. The van der Waals surface area contributed by atoms with Crippen molar-refractivity contribution in [3.63, 3.8) is 0 Å². The number of pyridine rings is 1. The monoisotopic (exact) mass is 201 g/mol. The Balaban J connectivity index is 2.57. The number of benzene rings is 1.